The molecule has 0 fully saturated rings. The summed E-state index contributed by atoms with van der Waals surface area (Å²) in [4.78, 5) is 32.5. The zero-order chi connectivity index (χ0) is 39.0. The van der Waals surface area contributed by atoms with E-state index in [1.165, 1.54) is 33.4 Å². The number of aromatic nitrogens is 4. The molecule has 8 nitrogen and oxygen atoms in total. The largest absolute Gasteiger partial charge is 0.337 e. The van der Waals surface area contributed by atoms with Crippen molar-refractivity contribution in [2.75, 3.05) is 11.3 Å². The van der Waals surface area contributed by atoms with Gasteiger partial charge in [0, 0.05) is 22.3 Å². The van der Waals surface area contributed by atoms with Gasteiger partial charge in [0.25, 0.3) is 11.1 Å². The molecule has 0 spiro atoms. The quantitative estimate of drug-likeness (QED) is 0.126. The van der Waals surface area contributed by atoms with Gasteiger partial charge < -0.3 is 5.84 Å². The van der Waals surface area contributed by atoms with Gasteiger partial charge in [-0.2, -0.15) is 0 Å². The Kier molecular flexibility index (Phi) is 13.6. The molecule has 6 rings (SSSR count). The maximum Gasteiger partial charge on any atom is 0.270 e. The molecule has 53 heavy (non-hydrogen) atoms. The standard InChI is InChI=1S/C22H25N3O.C13H17N3.C9H9ClO/c1-6-18-7-9-19(10-8-18)22(26)24-25-17(5)16(4)23-21(25)20-12-14(2)11-15(3)13-20;1-8-5-9(2)7-12(6-8)13-15-10(3)11(4)16(13)14;1-2-7-3-5-8(6-4-7)9(10)11/h7-13H,6H2,1-5H3,(H,24,26);5-7H,14H2,1-4H3;3-6H,2H2,1H3. The van der Waals surface area contributed by atoms with Crippen molar-refractivity contribution in [1.82, 2.24) is 19.3 Å². The first kappa shape index (κ1) is 40.3. The average molecular weight is 731 g/mol. The van der Waals surface area contributed by atoms with Crippen molar-refractivity contribution in [3.05, 3.63) is 152 Å². The maximum atomic E-state index is 12.7. The van der Waals surface area contributed by atoms with Gasteiger partial charge in [-0.15, -0.1) is 0 Å². The number of nitrogens with one attached hydrogen (secondary N) is 1. The Morgan fingerprint density at radius 3 is 1.40 bits per heavy atom. The topological polar surface area (TPSA) is 108 Å². The minimum atomic E-state index is -0.396. The molecule has 0 saturated carbocycles. The molecule has 0 unspecified atom stereocenters. The molecule has 0 aliphatic carbocycles. The predicted octanol–water partition coefficient (Wildman–Crippen LogP) is 9.86. The number of imidazole rings is 2. The second-order valence-corrected chi connectivity index (χ2v) is 13.8. The number of nitrogens with two attached hydrogens (primary N) is 1. The van der Waals surface area contributed by atoms with Crippen LogP contribution in [0.2, 0.25) is 0 Å². The highest BCUT2D eigenvalue weighted by atomic mass is 35.5. The first-order valence-electron chi connectivity index (χ1n) is 17.8. The van der Waals surface area contributed by atoms with E-state index in [4.69, 9.17) is 17.4 Å². The SMILES string of the molecule is CCc1ccc(C(=O)Cl)cc1.CCc1ccc(C(=O)Nn2c(-c3cc(C)cc(C)c3)nc(C)c2C)cc1.Cc1cc(C)cc(-c2nc(C)c(C)n2N)c1. The normalized spacial score (nSPS) is 10.5. The van der Waals surface area contributed by atoms with Gasteiger partial charge in [0.1, 0.15) is 0 Å². The van der Waals surface area contributed by atoms with E-state index in [9.17, 15) is 9.59 Å². The molecule has 0 saturated heterocycles. The number of hydrogen-bond acceptors (Lipinski definition) is 5. The zero-order valence-electron chi connectivity index (χ0n) is 32.6. The van der Waals surface area contributed by atoms with Gasteiger partial charge in [0.15, 0.2) is 11.6 Å². The number of nitrogens with zero attached hydrogens (tertiary/aromatic N) is 4. The summed E-state index contributed by atoms with van der Waals surface area (Å²) >= 11 is 5.26. The minimum Gasteiger partial charge on any atom is -0.337 e. The van der Waals surface area contributed by atoms with E-state index in [0.717, 1.165) is 58.4 Å². The molecule has 3 N–H and O–H groups in total. The lowest BCUT2D eigenvalue weighted by Crippen LogP contribution is -2.24. The van der Waals surface area contributed by atoms with Crippen LogP contribution in [0.5, 0.6) is 0 Å². The first-order chi connectivity index (χ1) is 25.1. The van der Waals surface area contributed by atoms with E-state index in [0.29, 0.717) is 11.1 Å². The van der Waals surface area contributed by atoms with Gasteiger partial charge in [0.05, 0.1) is 22.8 Å². The van der Waals surface area contributed by atoms with Crippen LogP contribution in [-0.4, -0.2) is 30.5 Å². The molecule has 9 heteroatoms. The summed E-state index contributed by atoms with van der Waals surface area (Å²) in [6.45, 7) is 20.4. The Labute approximate surface area is 319 Å². The summed E-state index contributed by atoms with van der Waals surface area (Å²) < 4.78 is 3.45. The highest BCUT2D eigenvalue weighted by Gasteiger charge is 2.17. The van der Waals surface area contributed by atoms with E-state index in [2.05, 4.69) is 93.3 Å². The molecule has 0 radical (unpaired) electrons. The third kappa shape index (κ3) is 10.3. The number of amides is 1. The molecule has 0 aliphatic rings. The Morgan fingerprint density at radius 1 is 0.604 bits per heavy atom. The molecule has 4 aromatic carbocycles. The maximum absolute atomic E-state index is 12.7. The van der Waals surface area contributed by atoms with Crippen molar-refractivity contribution in [2.45, 2.75) is 82.1 Å². The molecule has 1 amide bonds. The monoisotopic (exact) mass is 730 g/mol. The molecule has 0 bridgehead atoms. The lowest BCUT2D eigenvalue weighted by Gasteiger charge is -2.13. The van der Waals surface area contributed by atoms with E-state index < -0.39 is 5.24 Å². The lowest BCUT2D eigenvalue weighted by atomic mass is 10.1. The summed E-state index contributed by atoms with van der Waals surface area (Å²) in [5.74, 6) is 7.44. The van der Waals surface area contributed by atoms with Crippen LogP contribution in [0.15, 0.2) is 84.9 Å². The molecule has 6 aromatic rings. The highest BCUT2D eigenvalue weighted by Crippen LogP contribution is 2.24. The smallest absolute Gasteiger partial charge is 0.270 e. The van der Waals surface area contributed by atoms with Gasteiger partial charge in [-0.05, 0) is 139 Å². The van der Waals surface area contributed by atoms with Gasteiger partial charge >= 0.3 is 0 Å². The number of carbonyl (C=O) groups is 2. The summed E-state index contributed by atoms with van der Waals surface area (Å²) in [5.41, 5.74) is 17.3. The van der Waals surface area contributed by atoms with Crippen molar-refractivity contribution < 1.29 is 9.59 Å². The van der Waals surface area contributed by atoms with Crippen molar-refractivity contribution in [1.29, 1.82) is 0 Å². The second-order valence-electron chi connectivity index (χ2n) is 13.5. The fourth-order valence-electron chi connectivity index (χ4n) is 5.91. The molecule has 0 aliphatic heterocycles. The van der Waals surface area contributed by atoms with Crippen molar-refractivity contribution in [2.24, 2.45) is 0 Å². The number of nitrogen functional groups attached to an aromatic ring is 1. The van der Waals surface area contributed by atoms with Gasteiger partial charge in [-0.1, -0.05) is 72.5 Å². The van der Waals surface area contributed by atoms with E-state index >= 15 is 0 Å². The molecular formula is C44H51ClN6O2. The summed E-state index contributed by atoms with van der Waals surface area (Å²) in [7, 11) is 0. The van der Waals surface area contributed by atoms with E-state index in [1.807, 2.05) is 64.1 Å². The second kappa shape index (κ2) is 17.8. The first-order valence-corrected chi connectivity index (χ1v) is 18.2. The van der Waals surface area contributed by atoms with Crippen molar-refractivity contribution >= 4 is 22.8 Å². The van der Waals surface area contributed by atoms with Crippen LogP contribution in [-0.2, 0) is 12.8 Å². The summed E-state index contributed by atoms with van der Waals surface area (Å²) in [5, 5.41) is -0.396. The van der Waals surface area contributed by atoms with E-state index in [-0.39, 0.29) is 5.91 Å². The van der Waals surface area contributed by atoms with E-state index in [1.54, 1.807) is 21.5 Å². The number of rotatable bonds is 7. The predicted molar refractivity (Wildman–Crippen MR) is 219 cm³/mol. The Balaban J connectivity index is 0.000000197. The van der Waals surface area contributed by atoms with Crippen molar-refractivity contribution in [3.63, 3.8) is 0 Å². The van der Waals surface area contributed by atoms with Crippen LogP contribution < -0.4 is 11.3 Å². The fraction of sp³-hybridized carbons (Fsp3) is 0.273. The van der Waals surface area contributed by atoms with Crippen LogP contribution in [0.4, 0.5) is 0 Å². The molecule has 2 heterocycles. The third-order valence-corrected chi connectivity index (χ3v) is 9.34. The minimum absolute atomic E-state index is 0.140. The number of benzene rings is 4. The lowest BCUT2D eigenvalue weighted by molar-refractivity contribution is 0.101. The van der Waals surface area contributed by atoms with Crippen molar-refractivity contribution in [3.8, 4) is 22.8 Å². The number of carbonyl (C=O) groups excluding carboxylic acids is 2. The number of hydrogen-bond donors (Lipinski definition) is 2. The molecular weight excluding hydrogens is 680 g/mol. The summed E-state index contributed by atoms with van der Waals surface area (Å²) in [6, 6.07) is 27.7. The summed E-state index contributed by atoms with van der Waals surface area (Å²) in [6.07, 6.45) is 1.94. The van der Waals surface area contributed by atoms with Gasteiger partial charge in [-0.3, -0.25) is 15.0 Å². The third-order valence-electron chi connectivity index (χ3n) is 9.12. The average Bonchev–Trinajstić information content (AvgIpc) is 3.56. The number of aryl methyl sites for hydroxylation is 8. The fourth-order valence-corrected chi connectivity index (χ4v) is 6.03. The van der Waals surface area contributed by atoms with Crippen LogP contribution in [0.1, 0.15) is 90.7 Å². The Bertz CT molecular complexity index is 2170. The Hall–Kier alpha value is -5.47. The van der Waals surface area contributed by atoms with Crippen LogP contribution in [0.3, 0.4) is 0 Å². The van der Waals surface area contributed by atoms with Crippen LogP contribution in [0, 0.1) is 55.4 Å². The molecule has 276 valence electrons. The van der Waals surface area contributed by atoms with Gasteiger partial charge in [-0.25, -0.2) is 19.3 Å². The zero-order valence-corrected chi connectivity index (χ0v) is 33.3. The number of halogens is 1. The van der Waals surface area contributed by atoms with Crippen LogP contribution >= 0.6 is 11.6 Å². The highest BCUT2D eigenvalue weighted by molar-refractivity contribution is 6.67. The molecule has 0 atom stereocenters. The molecule has 2 aromatic heterocycles. The Morgan fingerprint density at radius 2 is 1.00 bits per heavy atom. The van der Waals surface area contributed by atoms with Crippen LogP contribution in [0.25, 0.3) is 22.8 Å². The van der Waals surface area contributed by atoms with Gasteiger partial charge in [0.2, 0.25) is 0 Å².